The smallest absolute Gasteiger partial charge is 0.305 e. The largest absolute Gasteiger partial charge is 0.365 e. The van der Waals surface area contributed by atoms with Gasteiger partial charge in [0, 0.05) is 13.2 Å². The van der Waals surface area contributed by atoms with Crippen LogP contribution in [-0.4, -0.2) is 17.0 Å². The molecule has 0 saturated carbocycles. The SMILES string of the molecule is CNc1ncc(-c2ccc3[nH]c(=O)sc3c2)s1. The summed E-state index contributed by atoms with van der Waals surface area (Å²) in [4.78, 5) is 19.3. The number of thiazole rings is 2. The van der Waals surface area contributed by atoms with Gasteiger partial charge in [0.25, 0.3) is 0 Å². The van der Waals surface area contributed by atoms with Crippen molar-refractivity contribution in [1.29, 1.82) is 0 Å². The van der Waals surface area contributed by atoms with Crippen molar-refractivity contribution in [3.05, 3.63) is 34.1 Å². The molecule has 0 atom stereocenters. The number of fused-ring (bicyclic) bond motifs is 1. The average Bonchev–Trinajstić information content (AvgIpc) is 2.92. The van der Waals surface area contributed by atoms with E-state index >= 15 is 0 Å². The molecule has 6 heteroatoms. The van der Waals surface area contributed by atoms with Crippen molar-refractivity contribution in [2.75, 3.05) is 12.4 Å². The zero-order valence-corrected chi connectivity index (χ0v) is 10.6. The number of rotatable bonds is 2. The molecular formula is C11H9N3OS2. The summed E-state index contributed by atoms with van der Waals surface area (Å²) in [6.07, 6.45) is 1.84. The van der Waals surface area contributed by atoms with E-state index in [1.54, 1.807) is 11.3 Å². The lowest BCUT2D eigenvalue weighted by molar-refractivity contribution is 1.37. The van der Waals surface area contributed by atoms with Crippen LogP contribution in [0.2, 0.25) is 0 Å². The molecule has 0 spiro atoms. The average molecular weight is 263 g/mol. The predicted octanol–water partition coefficient (Wildman–Crippen LogP) is 2.75. The molecule has 3 rings (SSSR count). The molecule has 0 saturated heterocycles. The Kier molecular flexibility index (Phi) is 2.45. The highest BCUT2D eigenvalue weighted by Gasteiger charge is 2.06. The molecule has 3 aromatic rings. The molecule has 1 aromatic carbocycles. The minimum absolute atomic E-state index is 0.0163. The maximum atomic E-state index is 11.2. The van der Waals surface area contributed by atoms with E-state index in [1.807, 2.05) is 31.4 Å². The summed E-state index contributed by atoms with van der Waals surface area (Å²) in [7, 11) is 1.85. The Labute approximate surface area is 105 Å². The molecule has 0 unspecified atom stereocenters. The minimum atomic E-state index is -0.0163. The Morgan fingerprint density at radius 1 is 1.35 bits per heavy atom. The summed E-state index contributed by atoms with van der Waals surface area (Å²) in [5, 5.41) is 3.90. The van der Waals surface area contributed by atoms with Crippen molar-refractivity contribution in [1.82, 2.24) is 9.97 Å². The fourth-order valence-corrected chi connectivity index (χ4v) is 3.16. The quantitative estimate of drug-likeness (QED) is 0.747. The highest BCUT2D eigenvalue weighted by molar-refractivity contribution is 7.19. The molecule has 0 aliphatic carbocycles. The molecule has 2 N–H and O–H groups in total. The molecule has 2 aromatic heterocycles. The van der Waals surface area contributed by atoms with E-state index in [2.05, 4.69) is 15.3 Å². The van der Waals surface area contributed by atoms with E-state index in [-0.39, 0.29) is 4.87 Å². The van der Waals surface area contributed by atoms with Crippen LogP contribution in [0, 0.1) is 0 Å². The van der Waals surface area contributed by atoms with Gasteiger partial charge in [0.2, 0.25) is 0 Å². The fraction of sp³-hybridized carbons (Fsp3) is 0.0909. The second kappa shape index (κ2) is 3.97. The van der Waals surface area contributed by atoms with Crippen LogP contribution in [0.3, 0.4) is 0 Å². The van der Waals surface area contributed by atoms with Crippen LogP contribution < -0.4 is 10.2 Å². The molecule has 0 fully saturated rings. The monoisotopic (exact) mass is 263 g/mol. The van der Waals surface area contributed by atoms with Crippen LogP contribution in [0.25, 0.3) is 20.7 Å². The third-order valence-corrected chi connectivity index (χ3v) is 4.33. The Hall–Kier alpha value is -1.66. The molecule has 0 amide bonds. The molecule has 0 aliphatic heterocycles. The Morgan fingerprint density at radius 2 is 2.24 bits per heavy atom. The third-order valence-electron chi connectivity index (χ3n) is 2.43. The second-order valence-corrected chi connectivity index (χ2v) is 5.55. The number of benzene rings is 1. The van der Waals surface area contributed by atoms with Crippen LogP contribution in [0.4, 0.5) is 5.13 Å². The van der Waals surface area contributed by atoms with E-state index in [4.69, 9.17) is 0 Å². The maximum Gasteiger partial charge on any atom is 0.305 e. The number of hydrogen-bond donors (Lipinski definition) is 2. The third kappa shape index (κ3) is 1.85. The maximum absolute atomic E-state index is 11.2. The van der Waals surface area contributed by atoms with E-state index < -0.39 is 0 Å². The minimum Gasteiger partial charge on any atom is -0.365 e. The number of hydrogen-bond acceptors (Lipinski definition) is 5. The van der Waals surface area contributed by atoms with Crippen molar-refractivity contribution < 1.29 is 0 Å². The first-order valence-electron chi connectivity index (χ1n) is 5.03. The van der Waals surface area contributed by atoms with Crippen LogP contribution in [0.15, 0.2) is 29.2 Å². The molecule has 0 aliphatic rings. The van der Waals surface area contributed by atoms with Gasteiger partial charge >= 0.3 is 4.87 Å². The zero-order valence-electron chi connectivity index (χ0n) is 8.98. The molecule has 0 radical (unpaired) electrons. The number of aromatic nitrogens is 2. The number of H-pyrrole nitrogens is 1. The summed E-state index contributed by atoms with van der Waals surface area (Å²) in [6.45, 7) is 0. The van der Waals surface area contributed by atoms with E-state index in [1.165, 1.54) is 11.3 Å². The molecule has 0 bridgehead atoms. The fourth-order valence-electron chi connectivity index (χ4n) is 1.62. The summed E-state index contributed by atoms with van der Waals surface area (Å²) < 4.78 is 0.979. The molecule has 4 nitrogen and oxygen atoms in total. The van der Waals surface area contributed by atoms with Gasteiger partial charge in [-0.05, 0) is 17.7 Å². The van der Waals surface area contributed by atoms with Crippen molar-refractivity contribution in [2.24, 2.45) is 0 Å². The molecular weight excluding hydrogens is 254 g/mol. The summed E-state index contributed by atoms with van der Waals surface area (Å²) in [6, 6.07) is 5.95. The lowest BCUT2D eigenvalue weighted by Crippen LogP contribution is -1.89. The first-order valence-corrected chi connectivity index (χ1v) is 6.66. The Balaban J connectivity index is 2.13. The lowest BCUT2D eigenvalue weighted by Gasteiger charge is -1.96. The number of nitrogens with zero attached hydrogens (tertiary/aromatic N) is 1. The van der Waals surface area contributed by atoms with Crippen molar-refractivity contribution in [3.8, 4) is 10.4 Å². The van der Waals surface area contributed by atoms with Crippen LogP contribution in [0.1, 0.15) is 0 Å². The number of anilines is 1. The zero-order chi connectivity index (χ0) is 11.8. The van der Waals surface area contributed by atoms with Crippen molar-refractivity contribution in [3.63, 3.8) is 0 Å². The van der Waals surface area contributed by atoms with Gasteiger partial charge in [-0.3, -0.25) is 4.79 Å². The van der Waals surface area contributed by atoms with Gasteiger partial charge in [0.05, 0.1) is 15.1 Å². The predicted molar refractivity (Wildman–Crippen MR) is 73.1 cm³/mol. The van der Waals surface area contributed by atoms with Gasteiger partial charge in [0.1, 0.15) is 0 Å². The van der Waals surface area contributed by atoms with Gasteiger partial charge in [-0.25, -0.2) is 4.98 Å². The van der Waals surface area contributed by atoms with E-state index in [0.29, 0.717) is 0 Å². The van der Waals surface area contributed by atoms with Gasteiger partial charge in [-0.2, -0.15) is 0 Å². The Morgan fingerprint density at radius 3 is 3.00 bits per heavy atom. The van der Waals surface area contributed by atoms with E-state index in [0.717, 1.165) is 25.8 Å². The highest BCUT2D eigenvalue weighted by Crippen LogP contribution is 2.30. The lowest BCUT2D eigenvalue weighted by atomic mass is 10.2. The molecule has 2 heterocycles. The number of aromatic amines is 1. The van der Waals surface area contributed by atoms with Crippen LogP contribution in [0.5, 0.6) is 0 Å². The molecule has 86 valence electrons. The van der Waals surface area contributed by atoms with Crippen LogP contribution in [-0.2, 0) is 0 Å². The summed E-state index contributed by atoms with van der Waals surface area (Å²) >= 11 is 2.83. The number of nitrogens with one attached hydrogen (secondary N) is 2. The summed E-state index contributed by atoms with van der Waals surface area (Å²) in [5.74, 6) is 0. The normalized spacial score (nSPS) is 10.9. The van der Waals surface area contributed by atoms with Gasteiger partial charge in [-0.15, -0.1) is 0 Å². The highest BCUT2D eigenvalue weighted by atomic mass is 32.1. The Bertz CT molecular complexity index is 725. The first kappa shape index (κ1) is 10.5. The van der Waals surface area contributed by atoms with Crippen molar-refractivity contribution >= 4 is 38.0 Å². The van der Waals surface area contributed by atoms with Gasteiger partial charge in [-0.1, -0.05) is 28.7 Å². The standard InChI is InChI=1S/C11H9N3OS2/c1-12-10-13-5-9(16-10)6-2-3-7-8(4-6)17-11(15)14-7/h2-5H,1H3,(H,12,13)(H,14,15). The second-order valence-electron chi connectivity index (χ2n) is 3.51. The first-order chi connectivity index (χ1) is 8.26. The van der Waals surface area contributed by atoms with Crippen molar-refractivity contribution in [2.45, 2.75) is 0 Å². The molecule has 17 heavy (non-hydrogen) atoms. The summed E-state index contributed by atoms with van der Waals surface area (Å²) in [5.41, 5.74) is 1.98. The van der Waals surface area contributed by atoms with Crippen LogP contribution >= 0.6 is 22.7 Å². The van der Waals surface area contributed by atoms with E-state index in [9.17, 15) is 4.79 Å². The topological polar surface area (TPSA) is 57.8 Å². The van der Waals surface area contributed by atoms with Gasteiger partial charge < -0.3 is 10.3 Å². The van der Waals surface area contributed by atoms with Gasteiger partial charge in [0.15, 0.2) is 5.13 Å².